The Hall–Kier alpha value is -3.36. The Morgan fingerprint density at radius 2 is 1.80 bits per heavy atom. The minimum absolute atomic E-state index is 0.121. The molecule has 0 spiro atoms. The van der Waals surface area contributed by atoms with E-state index in [1.807, 2.05) is 0 Å². The summed E-state index contributed by atoms with van der Waals surface area (Å²) in [6, 6.07) is 11.9. The number of rotatable bonds is 3. The second kappa shape index (κ2) is 5.93. The summed E-state index contributed by atoms with van der Waals surface area (Å²) in [5.74, 6) is -2.66. The molecule has 0 aliphatic carbocycles. The van der Waals surface area contributed by atoms with E-state index in [9.17, 15) is 28.1 Å². The normalized spacial score (nSPS) is 11.5. The first kappa shape index (κ1) is 16.5. The molecule has 0 saturated carbocycles. The van der Waals surface area contributed by atoms with Crippen LogP contribution in [0.4, 0.5) is 24.7 Å². The Morgan fingerprint density at radius 1 is 1.12 bits per heavy atom. The first-order valence-corrected chi connectivity index (χ1v) is 6.92. The molecule has 0 aliphatic rings. The molecule has 25 heavy (non-hydrogen) atoms. The standard InChI is InChI=1S/C16H9F3N2O4/c17-16(18,19)15(22)20-10-6-7-12-11(8-10)13(14(25-12)21(23)24)9-4-2-1-3-5-9/h1-8H,(H,20,22). The fourth-order valence-corrected chi connectivity index (χ4v) is 2.38. The minimum Gasteiger partial charge on any atom is -0.400 e. The molecule has 128 valence electrons. The number of furan rings is 1. The summed E-state index contributed by atoms with van der Waals surface area (Å²) in [5, 5.41) is 13.2. The topological polar surface area (TPSA) is 85.4 Å². The Balaban J connectivity index is 2.15. The second-order valence-corrected chi connectivity index (χ2v) is 5.07. The van der Waals surface area contributed by atoms with Gasteiger partial charge in [-0.25, -0.2) is 0 Å². The van der Waals surface area contributed by atoms with Gasteiger partial charge in [0.15, 0.2) is 0 Å². The number of anilines is 1. The average molecular weight is 350 g/mol. The SMILES string of the molecule is O=C(Nc1ccc2oc([N+](=O)[O-])c(-c3ccccc3)c2c1)C(F)(F)F. The molecule has 1 amide bonds. The van der Waals surface area contributed by atoms with Crippen molar-refractivity contribution in [2.45, 2.75) is 6.18 Å². The van der Waals surface area contributed by atoms with Crippen molar-refractivity contribution >= 4 is 28.4 Å². The van der Waals surface area contributed by atoms with E-state index in [0.29, 0.717) is 5.56 Å². The number of halogens is 3. The molecule has 0 aliphatic heterocycles. The molecule has 0 bridgehead atoms. The van der Waals surface area contributed by atoms with Crippen LogP contribution in [-0.2, 0) is 4.79 Å². The van der Waals surface area contributed by atoms with Crippen molar-refractivity contribution in [1.82, 2.24) is 0 Å². The van der Waals surface area contributed by atoms with Crippen LogP contribution in [0.5, 0.6) is 0 Å². The lowest BCUT2D eigenvalue weighted by Crippen LogP contribution is -2.29. The van der Waals surface area contributed by atoms with Gasteiger partial charge < -0.3 is 9.73 Å². The van der Waals surface area contributed by atoms with Gasteiger partial charge in [-0.1, -0.05) is 30.3 Å². The van der Waals surface area contributed by atoms with Crippen LogP contribution in [0.25, 0.3) is 22.1 Å². The van der Waals surface area contributed by atoms with Crippen molar-refractivity contribution < 1.29 is 27.3 Å². The number of hydrogen-bond donors (Lipinski definition) is 1. The third kappa shape index (κ3) is 3.16. The molecule has 6 nitrogen and oxygen atoms in total. The first-order chi connectivity index (χ1) is 11.8. The van der Waals surface area contributed by atoms with Crippen LogP contribution in [0.15, 0.2) is 52.9 Å². The van der Waals surface area contributed by atoms with Gasteiger partial charge in [-0.05, 0) is 23.8 Å². The second-order valence-electron chi connectivity index (χ2n) is 5.07. The molecule has 0 unspecified atom stereocenters. The van der Waals surface area contributed by atoms with E-state index in [0.717, 1.165) is 0 Å². The number of fused-ring (bicyclic) bond motifs is 1. The molecular formula is C16H9F3N2O4. The summed E-state index contributed by atoms with van der Waals surface area (Å²) < 4.78 is 42.4. The Kier molecular flexibility index (Phi) is 3.91. The number of amides is 1. The third-order valence-electron chi connectivity index (χ3n) is 3.41. The van der Waals surface area contributed by atoms with Crippen LogP contribution < -0.4 is 5.32 Å². The van der Waals surface area contributed by atoms with E-state index in [-0.39, 0.29) is 22.2 Å². The minimum atomic E-state index is -5.04. The Labute approximate surface area is 138 Å². The van der Waals surface area contributed by atoms with Gasteiger partial charge in [0.2, 0.25) is 0 Å². The predicted octanol–water partition coefficient (Wildman–Crippen LogP) is 4.51. The van der Waals surface area contributed by atoms with Crippen LogP contribution in [0.1, 0.15) is 0 Å². The highest BCUT2D eigenvalue weighted by Crippen LogP contribution is 2.40. The maximum atomic E-state index is 12.4. The number of benzene rings is 2. The lowest BCUT2D eigenvalue weighted by Gasteiger charge is -2.07. The molecular weight excluding hydrogens is 341 g/mol. The number of carbonyl (C=O) groups excluding carboxylic acids is 1. The molecule has 1 aromatic heterocycles. The van der Waals surface area contributed by atoms with E-state index in [1.54, 1.807) is 35.6 Å². The monoisotopic (exact) mass is 350 g/mol. The molecule has 2 aromatic carbocycles. The van der Waals surface area contributed by atoms with E-state index >= 15 is 0 Å². The van der Waals surface area contributed by atoms with E-state index < -0.39 is 22.9 Å². The van der Waals surface area contributed by atoms with Crippen LogP contribution in [0, 0.1) is 10.1 Å². The van der Waals surface area contributed by atoms with Crippen LogP contribution in [-0.4, -0.2) is 17.0 Å². The van der Waals surface area contributed by atoms with Crippen LogP contribution >= 0.6 is 0 Å². The van der Waals surface area contributed by atoms with Crippen molar-refractivity contribution in [2.24, 2.45) is 0 Å². The highest BCUT2D eigenvalue weighted by Gasteiger charge is 2.38. The quantitative estimate of drug-likeness (QED) is 0.556. The number of alkyl halides is 3. The zero-order valence-electron chi connectivity index (χ0n) is 12.3. The fourth-order valence-electron chi connectivity index (χ4n) is 2.38. The van der Waals surface area contributed by atoms with Gasteiger partial charge in [0, 0.05) is 11.1 Å². The van der Waals surface area contributed by atoms with E-state index in [2.05, 4.69) is 0 Å². The van der Waals surface area contributed by atoms with Gasteiger partial charge in [0.25, 0.3) is 0 Å². The van der Waals surface area contributed by atoms with Gasteiger partial charge in [-0.2, -0.15) is 13.2 Å². The smallest absolute Gasteiger partial charge is 0.400 e. The van der Waals surface area contributed by atoms with Gasteiger partial charge >= 0.3 is 18.0 Å². The molecule has 9 heteroatoms. The highest BCUT2D eigenvalue weighted by molar-refractivity contribution is 6.02. The summed E-state index contributed by atoms with van der Waals surface area (Å²) in [5.41, 5.74) is 0.564. The number of carbonyl (C=O) groups is 1. The number of hydrogen-bond acceptors (Lipinski definition) is 4. The largest absolute Gasteiger partial charge is 0.471 e. The summed E-state index contributed by atoms with van der Waals surface area (Å²) in [6.07, 6.45) is -5.04. The van der Waals surface area contributed by atoms with Crippen molar-refractivity contribution in [3.63, 3.8) is 0 Å². The molecule has 0 saturated heterocycles. The molecule has 0 fully saturated rings. The molecule has 3 rings (SSSR count). The third-order valence-corrected chi connectivity index (χ3v) is 3.41. The lowest BCUT2D eigenvalue weighted by atomic mass is 10.0. The summed E-state index contributed by atoms with van der Waals surface area (Å²) in [4.78, 5) is 21.6. The molecule has 1 heterocycles. The lowest BCUT2D eigenvalue weighted by molar-refractivity contribution is -0.400. The predicted molar refractivity (Wildman–Crippen MR) is 83.0 cm³/mol. The summed E-state index contributed by atoms with van der Waals surface area (Å²) in [7, 11) is 0. The molecule has 3 aromatic rings. The zero-order chi connectivity index (χ0) is 18.2. The zero-order valence-corrected chi connectivity index (χ0v) is 12.3. The molecule has 1 N–H and O–H groups in total. The van der Waals surface area contributed by atoms with Gasteiger partial charge in [-0.15, -0.1) is 0 Å². The van der Waals surface area contributed by atoms with Crippen molar-refractivity contribution in [2.75, 3.05) is 5.32 Å². The first-order valence-electron chi connectivity index (χ1n) is 6.92. The van der Waals surface area contributed by atoms with E-state index in [4.69, 9.17) is 4.42 Å². The van der Waals surface area contributed by atoms with Gasteiger partial charge in [0.1, 0.15) is 16.1 Å². The number of nitrogens with zero attached hydrogens (tertiary/aromatic N) is 1. The van der Waals surface area contributed by atoms with Crippen molar-refractivity contribution in [1.29, 1.82) is 0 Å². The highest BCUT2D eigenvalue weighted by atomic mass is 19.4. The van der Waals surface area contributed by atoms with Crippen molar-refractivity contribution in [3.8, 4) is 11.1 Å². The summed E-state index contributed by atoms with van der Waals surface area (Å²) in [6.45, 7) is 0. The Bertz CT molecular complexity index is 965. The van der Waals surface area contributed by atoms with Crippen molar-refractivity contribution in [3.05, 3.63) is 58.6 Å². The van der Waals surface area contributed by atoms with Gasteiger partial charge in [0.05, 0.1) is 0 Å². The molecule has 0 radical (unpaired) electrons. The summed E-state index contributed by atoms with van der Waals surface area (Å²) >= 11 is 0. The molecule has 0 atom stereocenters. The van der Waals surface area contributed by atoms with Gasteiger partial charge in [-0.3, -0.25) is 14.9 Å². The Morgan fingerprint density at radius 3 is 2.40 bits per heavy atom. The maximum Gasteiger partial charge on any atom is 0.471 e. The average Bonchev–Trinajstić information content (AvgIpc) is 2.93. The fraction of sp³-hybridized carbons (Fsp3) is 0.0625. The van der Waals surface area contributed by atoms with Crippen LogP contribution in [0.2, 0.25) is 0 Å². The van der Waals surface area contributed by atoms with Crippen LogP contribution in [0.3, 0.4) is 0 Å². The number of nitro groups is 1. The van der Waals surface area contributed by atoms with E-state index in [1.165, 1.54) is 18.2 Å². The number of nitrogens with one attached hydrogen (secondary N) is 1. The maximum absolute atomic E-state index is 12.4.